The molecule has 2 saturated heterocycles. The predicted octanol–water partition coefficient (Wildman–Crippen LogP) is 2.38. The number of benzene rings is 1. The van der Waals surface area contributed by atoms with E-state index in [4.69, 9.17) is 9.84 Å². The maximum absolute atomic E-state index is 12.0. The fraction of sp³-hybridized carbons (Fsp3) is 0.579. The molecule has 0 spiro atoms. The molecule has 0 radical (unpaired) electrons. The average Bonchev–Trinajstić information content (AvgIpc) is 3.18. The van der Waals surface area contributed by atoms with Crippen molar-refractivity contribution in [3.63, 3.8) is 0 Å². The summed E-state index contributed by atoms with van der Waals surface area (Å²) in [6.07, 6.45) is 3.65. The van der Waals surface area contributed by atoms with E-state index in [9.17, 15) is 9.59 Å². The van der Waals surface area contributed by atoms with Gasteiger partial charge in [0.25, 0.3) is 0 Å². The summed E-state index contributed by atoms with van der Waals surface area (Å²) >= 11 is 0. The normalized spacial score (nSPS) is 24.0. The summed E-state index contributed by atoms with van der Waals surface area (Å²) in [5.74, 6) is -0.889. The van der Waals surface area contributed by atoms with E-state index in [0.717, 1.165) is 24.4 Å². The fourth-order valence-corrected chi connectivity index (χ4v) is 3.63. The number of ether oxygens (including phenoxy) is 1. The van der Waals surface area contributed by atoms with Crippen molar-refractivity contribution in [3.05, 3.63) is 24.3 Å². The Kier molecular flexibility index (Phi) is 5.58. The first-order valence-corrected chi connectivity index (χ1v) is 9.04. The van der Waals surface area contributed by atoms with Gasteiger partial charge in [-0.15, -0.1) is 0 Å². The largest absolute Gasteiger partial charge is 0.494 e. The smallest absolute Gasteiger partial charge is 0.308 e. The third kappa shape index (κ3) is 4.31. The monoisotopic (exact) mass is 346 g/mol. The molecule has 0 aliphatic carbocycles. The van der Waals surface area contributed by atoms with Crippen LogP contribution in [0.25, 0.3) is 0 Å². The summed E-state index contributed by atoms with van der Waals surface area (Å²) in [7, 11) is 0. The van der Waals surface area contributed by atoms with E-state index in [-0.39, 0.29) is 18.9 Å². The van der Waals surface area contributed by atoms with Gasteiger partial charge in [-0.2, -0.15) is 0 Å². The van der Waals surface area contributed by atoms with Crippen LogP contribution in [0, 0.1) is 5.92 Å². The third-order valence-electron chi connectivity index (χ3n) is 5.17. The van der Waals surface area contributed by atoms with Gasteiger partial charge in [-0.25, -0.2) is 0 Å². The summed E-state index contributed by atoms with van der Waals surface area (Å²) in [4.78, 5) is 27.0. The Bertz CT molecular complexity index is 616. The van der Waals surface area contributed by atoms with Gasteiger partial charge in [-0.05, 0) is 57.0 Å². The SMILES string of the molecule is CC1CCCN1CCCOc1ccc(N2CC(C(=O)O)CC2=O)cc1. The molecule has 1 aromatic rings. The Morgan fingerprint density at radius 2 is 2.08 bits per heavy atom. The Morgan fingerprint density at radius 3 is 2.68 bits per heavy atom. The first kappa shape index (κ1) is 17.7. The van der Waals surface area contributed by atoms with E-state index in [1.807, 2.05) is 24.3 Å². The molecule has 3 rings (SSSR count). The number of carboxylic acids is 1. The van der Waals surface area contributed by atoms with Crippen molar-refractivity contribution in [1.82, 2.24) is 4.90 Å². The number of nitrogens with zero attached hydrogens (tertiary/aromatic N) is 2. The summed E-state index contributed by atoms with van der Waals surface area (Å²) in [5, 5.41) is 9.05. The minimum absolute atomic E-state index is 0.0719. The molecule has 1 amide bonds. The predicted molar refractivity (Wildman–Crippen MR) is 94.9 cm³/mol. The van der Waals surface area contributed by atoms with Gasteiger partial charge in [0.15, 0.2) is 0 Å². The molecule has 6 nitrogen and oxygen atoms in total. The topological polar surface area (TPSA) is 70.1 Å². The highest BCUT2D eigenvalue weighted by Crippen LogP contribution is 2.27. The van der Waals surface area contributed by atoms with Crippen LogP contribution >= 0.6 is 0 Å². The van der Waals surface area contributed by atoms with Crippen LogP contribution in [-0.2, 0) is 9.59 Å². The standard InChI is InChI=1S/C19H26N2O4/c1-14-4-2-9-20(14)10-3-11-25-17-7-5-16(6-8-17)21-13-15(19(23)24)12-18(21)22/h5-8,14-15H,2-4,9-13H2,1H3,(H,23,24). The van der Waals surface area contributed by atoms with Crippen LogP contribution in [0.5, 0.6) is 5.75 Å². The lowest BCUT2D eigenvalue weighted by atomic mass is 10.1. The number of rotatable bonds is 7. The van der Waals surface area contributed by atoms with Gasteiger partial charge < -0.3 is 19.6 Å². The van der Waals surface area contributed by atoms with Crippen molar-refractivity contribution in [2.75, 3.05) is 31.1 Å². The minimum atomic E-state index is -0.914. The van der Waals surface area contributed by atoms with Gasteiger partial charge in [-0.1, -0.05) is 0 Å². The van der Waals surface area contributed by atoms with Crippen LogP contribution in [0.1, 0.15) is 32.6 Å². The molecule has 0 aromatic heterocycles. The lowest BCUT2D eigenvalue weighted by molar-refractivity contribution is -0.141. The molecule has 2 fully saturated rings. The summed E-state index contributed by atoms with van der Waals surface area (Å²) in [5.41, 5.74) is 0.729. The number of anilines is 1. The van der Waals surface area contributed by atoms with E-state index in [0.29, 0.717) is 12.6 Å². The highest BCUT2D eigenvalue weighted by molar-refractivity contribution is 5.99. The second-order valence-corrected chi connectivity index (χ2v) is 6.97. The number of aliphatic carboxylic acids is 1. The first-order chi connectivity index (χ1) is 12.0. The lowest BCUT2D eigenvalue weighted by Crippen LogP contribution is -2.28. The molecule has 6 heteroatoms. The van der Waals surface area contributed by atoms with Crippen LogP contribution in [0.4, 0.5) is 5.69 Å². The van der Waals surface area contributed by atoms with E-state index in [2.05, 4.69) is 11.8 Å². The van der Waals surface area contributed by atoms with Crippen LogP contribution in [0.2, 0.25) is 0 Å². The maximum Gasteiger partial charge on any atom is 0.308 e. The molecule has 2 atom stereocenters. The van der Waals surface area contributed by atoms with Gasteiger partial charge in [0, 0.05) is 31.2 Å². The maximum atomic E-state index is 12.0. The zero-order valence-electron chi connectivity index (χ0n) is 14.7. The molecular formula is C19H26N2O4. The molecule has 0 saturated carbocycles. The molecule has 2 heterocycles. The van der Waals surface area contributed by atoms with Crippen molar-refractivity contribution in [3.8, 4) is 5.75 Å². The number of amides is 1. The molecule has 0 bridgehead atoms. The quantitative estimate of drug-likeness (QED) is 0.768. The molecular weight excluding hydrogens is 320 g/mol. The number of carbonyl (C=O) groups excluding carboxylic acids is 1. The van der Waals surface area contributed by atoms with E-state index in [1.54, 1.807) is 0 Å². The van der Waals surface area contributed by atoms with E-state index >= 15 is 0 Å². The summed E-state index contributed by atoms with van der Waals surface area (Å²) in [6.45, 7) is 5.45. The second-order valence-electron chi connectivity index (χ2n) is 6.97. The van der Waals surface area contributed by atoms with Gasteiger partial charge in [-0.3, -0.25) is 9.59 Å². The molecule has 25 heavy (non-hydrogen) atoms. The number of carbonyl (C=O) groups is 2. The molecule has 1 N–H and O–H groups in total. The summed E-state index contributed by atoms with van der Waals surface area (Å²) < 4.78 is 5.78. The minimum Gasteiger partial charge on any atom is -0.494 e. The first-order valence-electron chi connectivity index (χ1n) is 9.04. The van der Waals surface area contributed by atoms with Crippen LogP contribution in [0.3, 0.4) is 0 Å². The van der Waals surface area contributed by atoms with Gasteiger partial charge >= 0.3 is 5.97 Å². The number of likely N-dealkylation sites (tertiary alicyclic amines) is 1. The summed E-state index contributed by atoms with van der Waals surface area (Å²) in [6, 6.07) is 8.01. The molecule has 2 unspecified atom stereocenters. The Morgan fingerprint density at radius 1 is 1.32 bits per heavy atom. The van der Waals surface area contributed by atoms with Crippen LogP contribution in [0.15, 0.2) is 24.3 Å². The van der Waals surface area contributed by atoms with Crippen molar-refractivity contribution in [2.45, 2.75) is 38.6 Å². The fourth-order valence-electron chi connectivity index (χ4n) is 3.63. The van der Waals surface area contributed by atoms with Crippen molar-refractivity contribution >= 4 is 17.6 Å². The number of hydrogen-bond donors (Lipinski definition) is 1. The Balaban J connectivity index is 1.46. The lowest BCUT2D eigenvalue weighted by Gasteiger charge is -2.20. The van der Waals surface area contributed by atoms with E-state index < -0.39 is 11.9 Å². The zero-order chi connectivity index (χ0) is 17.8. The molecule has 136 valence electrons. The van der Waals surface area contributed by atoms with Crippen LogP contribution in [-0.4, -0.2) is 54.2 Å². The Hall–Kier alpha value is -2.08. The second kappa shape index (κ2) is 7.87. The Labute approximate surface area is 148 Å². The highest BCUT2D eigenvalue weighted by Gasteiger charge is 2.34. The average molecular weight is 346 g/mol. The van der Waals surface area contributed by atoms with Crippen molar-refractivity contribution in [1.29, 1.82) is 0 Å². The highest BCUT2D eigenvalue weighted by atomic mass is 16.5. The third-order valence-corrected chi connectivity index (χ3v) is 5.17. The van der Waals surface area contributed by atoms with Crippen molar-refractivity contribution < 1.29 is 19.4 Å². The number of carboxylic acid groups (broad SMARTS) is 1. The zero-order valence-corrected chi connectivity index (χ0v) is 14.7. The van der Waals surface area contributed by atoms with Gasteiger partial charge in [0.05, 0.1) is 12.5 Å². The van der Waals surface area contributed by atoms with E-state index in [1.165, 1.54) is 24.3 Å². The van der Waals surface area contributed by atoms with Crippen molar-refractivity contribution in [2.24, 2.45) is 5.92 Å². The van der Waals surface area contributed by atoms with Gasteiger partial charge in [0.1, 0.15) is 5.75 Å². The molecule has 1 aromatic carbocycles. The number of hydrogen-bond acceptors (Lipinski definition) is 4. The van der Waals surface area contributed by atoms with Gasteiger partial charge in [0.2, 0.25) is 5.91 Å². The molecule has 2 aliphatic rings. The van der Waals surface area contributed by atoms with Crippen LogP contribution < -0.4 is 9.64 Å². The molecule has 2 aliphatic heterocycles.